The van der Waals surface area contributed by atoms with Crippen LogP contribution in [-0.2, 0) is 11.3 Å². The highest BCUT2D eigenvalue weighted by molar-refractivity contribution is 5.79. The molecular formula is C17H31N5O2. The Labute approximate surface area is 144 Å². The van der Waals surface area contributed by atoms with Crippen LogP contribution in [0, 0.1) is 5.92 Å². The first-order valence-corrected chi connectivity index (χ1v) is 9.07. The fraction of sp³-hybridized carbons (Fsp3) is 0.824. The number of hydrogen-bond donors (Lipinski definition) is 2. The van der Waals surface area contributed by atoms with Crippen molar-refractivity contribution in [1.29, 1.82) is 0 Å². The first kappa shape index (κ1) is 18.7. The lowest BCUT2D eigenvalue weighted by molar-refractivity contribution is 0.0683. The molecule has 24 heavy (non-hydrogen) atoms. The van der Waals surface area contributed by atoms with E-state index in [-0.39, 0.29) is 6.10 Å². The Bertz CT molecular complexity index is 517. The summed E-state index contributed by atoms with van der Waals surface area (Å²) in [5.41, 5.74) is 0. The van der Waals surface area contributed by atoms with Gasteiger partial charge in [0.1, 0.15) is 6.10 Å². The molecule has 0 spiro atoms. The number of nitrogens with zero attached hydrogens (tertiary/aromatic N) is 3. The van der Waals surface area contributed by atoms with E-state index in [4.69, 9.17) is 9.26 Å². The molecule has 1 fully saturated rings. The van der Waals surface area contributed by atoms with Crippen molar-refractivity contribution in [2.45, 2.75) is 71.6 Å². The average molecular weight is 337 g/mol. The minimum Gasteiger partial charge on any atom is -0.371 e. The summed E-state index contributed by atoms with van der Waals surface area (Å²) < 4.78 is 10.7. The Morgan fingerprint density at radius 3 is 2.96 bits per heavy atom. The molecule has 1 aromatic rings. The molecular weight excluding hydrogens is 306 g/mol. The molecule has 7 heteroatoms. The molecule has 136 valence electrons. The van der Waals surface area contributed by atoms with E-state index >= 15 is 0 Å². The minimum atomic E-state index is -0.154. The van der Waals surface area contributed by atoms with E-state index in [1.807, 2.05) is 13.8 Å². The van der Waals surface area contributed by atoms with Crippen molar-refractivity contribution in [3.05, 3.63) is 11.7 Å². The lowest BCUT2D eigenvalue weighted by Gasteiger charge is -2.30. The van der Waals surface area contributed by atoms with E-state index in [2.05, 4.69) is 32.7 Å². The largest absolute Gasteiger partial charge is 0.371 e. The van der Waals surface area contributed by atoms with Crippen LogP contribution in [0.2, 0.25) is 0 Å². The zero-order valence-electron chi connectivity index (χ0n) is 15.3. The number of guanidine groups is 1. The summed E-state index contributed by atoms with van der Waals surface area (Å²) in [4.78, 5) is 8.66. The van der Waals surface area contributed by atoms with Crippen molar-refractivity contribution in [3.8, 4) is 0 Å². The monoisotopic (exact) mass is 337 g/mol. The van der Waals surface area contributed by atoms with Crippen LogP contribution in [0.3, 0.4) is 0 Å². The van der Waals surface area contributed by atoms with E-state index in [1.54, 1.807) is 7.05 Å². The normalized spacial score (nSPS) is 23.1. The Hall–Kier alpha value is -1.63. The van der Waals surface area contributed by atoms with Gasteiger partial charge < -0.3 is 19.9 Å². The van der Waals surface area contributed by atoms with Gasteiger partial charge in [-0.3, -0.25) is 4.99 Å². The lowest BCUT2D eigenvalue weighted by atomic mass is 9.84. The molecule has 2 N–H and O–H groups in total. The molecule has 7 nitrogen and oxygen atoms in total. The fourth-order valence-electron chi connectivity index (χ4n) is 3.17. The Morgan fingerprint density at radius 2 is 2.25 bits per heavy atom. The van der Waals surface area contributed by atoms with Gasteiger partial charge in [-0.1, -0.05) is 31.3 Å². The summed E-state index contributed by atoms with van der Waals surface area (Å²) >= 11 is 0. The van der Waals surface area contributed by atoms with Gasteiger partial charge in [-0.15, -0.1) is 0 Å². The van der Waals surface area contributed by atoms with E-state index in [0.717, 1.165) is 11.9 Å². The van der Waals surface area contributed by atoms with Crippen molar-refractivity contribution in [2.75, 3.05) is 13.7 Å². The van der Waals surface area contributed by atoms with Gasteiger partial charge in [-0.25, -0.2) is 0 Å². The first-order chi connectivity index (χ1) is 11.7. The molecule has 1 heterocycles. The fourth-order valence-corrected chi connectivity index (χ4v) is 3.17. The highest BCUT2D eigenvalue weighted by Gasteiger charge is 2.21. The van der Waals surface area contributed by atoms with Crippen LogP contribution >= 0.6 is 0 Å². The van der Waals surface area contributed by atoms with Crippen LogP contribution in [0.25, 0.3) is 0 Å². The molecule has 0 saturated heterocycles. The highest BCUT2D eigenvalue weighted by atomic mass is 16.5. The van der Waals surface area contributed by atoms with Gasteiger partial charge in [0.05, 0.1) is 6.54 Å². The summed E-state index contributed by atoms with van der Waals surface area (Å²) in [6.07, 6.45) is 6.16. The average Bonchev–Trinajstić information content (AvgIpc) is 3.08. The topological polar surface area (TPSA) is 84.6 Å². The maximum absolute atomic E-state index is 5.47. The molecule has 1 aliphatic rings. The van der Waals surface area contributed by atoms with Crippen LogP contribution in [0.1, 0.15) is 70.7 Å². The molecule has 2 rings (SSSR count). The quantitative estimate of drug-likeness (QED) is 0.588. The molecule has 0 aliphatic heterocycles. The van der Waals surface area contributed by atoms with Crippen LogP contribution in [0.4, 0.5) is 0 Å². The van der Waals surface area contributed by atoms with Gasteiger partial charge in [-0.2, -0.15) is 4.98 Å². The lowest BCUT2D eigenvalue weighted by Crippen LogP contribution is -2.45. The van der Waals surface area contributed by atoms with E-state index in [0.29, 0.717) is 30.9 Å². The second kappa shape index (κ2) is 9.61. The molecule has 3 unspecified atom stereocenters. The van der Waals surface area contributed by atoms with Crippen molar-refractivity contribution < 1.29 is 9.26 Å². The maximum atomic E-state index is 5.47. The SMILES string of the molecule is CCOC(C)c1noc(CNC(=NC)NC2CCCC(CC)C2)n1. The van der Waals surface area contributed by atoms with Crippen molar-refractivity contribution >= 4 is 5.96 Å². The predicted molar refractivity (Wildman–Crippen MR) is 93.7 cm³/mol. The molecule has 1 aliphatic carbocycles. The molecule has 0 radical (unpaired) electrons. The summed E-state index contributed by atoms with van der Waals surface area (Å²) in [6.45, 7) is 7.22. The Kier molecular flexibility index (Phi) is 7.49. The van der Waals surface area contributed by atoms with Crippen LogP contribution in [0.15, 0.2) is 9.52 Å². The number of rotatable bonds is 7. The minimum absolute atomic E-state index is 0.154. The molecule has 0 bridgehead atoms. The van der Waals surface area contributed by atoms with Crippen LogP contribution in [-0.4, -0.2) is 35.8 Å². The van der Waals surface area contributed by atoms with Gasteiger partial charge in [-0.05, 0) is 32.6 Å². The van der Waals surface area contributed by atoms with Gasteiger partial charge in [0.2, 0.25) is 5.89 Å². The second-order valence-electron chi connectivity index (χ2n) is 6.35. The standard InChI is InChI=1S/C17H31N5O2/c1-5-13-8-7-9-14(10-13)20-17(18-4)19-11-15-21-16(22-24-15)12(3)23-6-2/h12-14H,5-11H2,1-4H3,(H2,18,19,20). The summed E-state index contributed by atoms with van der Waals surface area (Å²) in [6, 6.07) is 0.492. The second-order valence-corrected chi connectivity index (χ2v) is 6.35. The number of hydrogen-bond acceptors (Lipinski definition) is 5. The first-order valence-electron chi connectivity index (χ1n) is 9.07. The third-order valence-electron chi connectivity index (χ3n) is 4.60. The van der Waals surface area contributed by atoms with Gasteiger partial charge in [0.15, 0.2) is 11.8 Å². The Balaban J connectivity index is 1.81. The van der Waals surface area contributed by atoms with Crippen molar-refractivity contribution in [1.82, 2.24) is 20.8 Å². The third-order valence-corrected chi connectivity index (χ3v) is 4.60. The van der Waals surface area contributed by atoms with E-state index < -0.39 is 0 Å². The number of aliphatic imine (C=N–C) groups is 1. The number of ether oxygens (including phenoxy) is 1. The number of aromatic nitrogens is 2. The van der Waals surface area contributed by atoms with Crippen molar-refractivity contribution in [3.63, 3.8) is 0 Å². The molecule has 3 atom stereocenters. The van der Waals surface area contributed by atoms with Crippen LogP contribution in [0.5, 0.6) is 0 Å². The summed E-state index contributed by atoms with van der Waals surface area (Å²) in [5.74, 6) is 2.73. The summed E-state index contributed by atoms with van der Waals surface area (Å²) in [7, 11) is 1.78. The maximum Gasteiger partial charge on any atom is 0.246 e. The zero-order valence-corrected chi connectivity index (χ0v) is 15.3. The molecule has 1 saturated carbocycles. The van der Waals surface area contributed by atoms with Gasteiger partial charge >= 0.3 is 0 Å². The van der Waals surface area contributed by atoms with E-state index in [9.17, 15) is 0 Å². The zero-order chi connectivity index (χ0) is 17.4. The summed E-state index contributed by atoms with van der Waals surface area (Å²) in [5, 5.41) is 10.7. The number of nitrogens with one attached hydrogen (secondary N) is 2. The highest BCUT2D eigenvalue weighted by Crippen LogP contribution is 2.26. The van der Waals surface area contributed by atoms with E-state index in [1.165, 1.54) is 32.1 Å². The van der Waals surface area contributed by atoms with Gasteiger partial charge in [0, 0.05) is 19.7 Å². The molecule has 1 aromatic heterocycles. The predicted octanol–water partition coefficient (Wildman–Crippen LogP) is 2.80. The molecule has 0 aromatic carbocycles. The van der Waals surface area contributed by atoms with Crippen LogP contribution < -0.4 is 10.6 Å². The Morgan fingerprint density at radius 1 is 1.42 bits per heavy atom. The molecule has 0 amide bonds. The smallest absolute Gasteiger partial charge is 0.246 e. The van der Waals surface area contributed by atoms with Crippen molar-refractivity contribution in [2.24, 2.45) is 10.9 Å². The third kappa shape index (κ3) is 5.47. The van der Waals surface area contributed by atoms with Gasteiger partial charge in [0.25, 0.3) is 0 Å².